The summed E-state index contributed by atoms with van der Waals surface area (Å²) in [5.74, 6) is 0. The highest BCUT2D eigenvalue weighted by Gasteiger charge is 2.40. The second kappa shape index (κ2) is 6.33. The first-order valence-corrected chi connectivity index (χ1v) is 9.05. The third-order valence-corrected chi connectivity index (χ3v) is 5.50. The average molecular weight is 460 g/mol. The predicted octanol–water partition coefficient (Wildman–Crippen LogP) is -2.43. The van der Waals surface area contributed by atoms with Crippen molar-refractivity contribution in [2.75, 3.05) is 0 Å². The molecule has 0 aliphatic rings. The summed E-state index contributed by atoms with van der Waals surface area (Å²) in [6.45, 7) is 0. The molecule has 124 valence electrons. The Kier molecular flexibility index (Phi) is 6.08. The van der Waals surface area contributed by atoms with Crippen LogP contribution < -0.4 is 17.0 Å². The summed E-state index contributed by atoms with van der Waals surface area (Å²) < 4.78 is 93.3. The van der Waals surface area contributed by atoms with Crippen molar-refractivity contribution in [3.8, 4) is 0 Å². The van der Waals surface area contributed by atoms with Gasteiger partial charge in [-0.2, -0.15) is 25.3 Å². The van der Waals surface area contributed by atoms with Crippen LogP contribution in [0.5, 0.6) is 0 Å². The maximum Gasteiger partial charge on any atom is 0.408 e. The summed E-state index contributed by atoms with van der Waals surface area (Å²) in [5.41, 5.74) is -1.29. The van der Waals surface area contributed by atoms with Crippen LogP contribution in [0.1, 0.15) is 0 Å². The number of hydrogen-bond acceptors (Lipinski definition) is 7. The summed E-state index contributed by atoms with van der Waals surface area (Å²) in [5, 5.41) is 7.19. The molecule has 0 saturated heterocycles. The molecular formula is C6H4BrClN2O9S3. The molecular weight excluding hydrogens is 456 g/mol. The Morgan fingerprint density at radius 3 is 1.59 bits per heavy atom. The Morgan fingerprint density at radius 2 is 1.32 bits per heavy atom. The van der Waals surface area contributed by atoms with Crippen molar-refractivity contribution < 1.29 is 55.9 Å². The molecule has 1 aromatic rings. The number of hydrogen-bond donors (Lipinski definition) is 3. The summed E-state index contributed by atoms with van der Waals surface area (Å²) in [7, 11) is -16.0. The monoisotopic (exact) mass is 458 g/mol. The van der Waals surface area contributed by atoms with Crippen LogP contribution in [0.4, 0.5) is 5.69 Å². The van der Waals surface area contributed by atoms with Crippen LogP contribution >= 0.6 is 11.6 Å². The maximum atomic E-state index is 11.2. The number of halogens is 2. The highest BCUT2D eigenvalue weighted by Crippen LogP contribution is 2.40. The van der Waals surface area contributed by atoms with E-state index in [4.69, 9.17) is 30.7 Å². The van der Waals surface area contributed by atoms with Crippen LogP contribution in [0.25, 0.3) is 4.98 Å². The second-order valence-corrected chi connectivity index (χ2v) is 7.88. The van der Waals surface area contributed by atoms with E-state index in [-0.39, 0.29) is 23.0 Å². The molecule has 0 spiro atoms. The van der Waals surface area contributed by atoms with E-state index in [0.717, 1.165) is 0 Å². The third-order valence-electron chi connectivity index (χ3n) is 2.02. The third kappa shape index (κ3) is 4.11. The first-order valence-electron chi connectivity index (χ1n) is 4.35. The van der Waals surface area contributed by atoms with Crippen LogP contribution in [0, 0.1) is 5.39 Å². The minimum Gasteiger partial charge on any atom is -1.00 e. The van der Waals surface area contributed by atoms with Gasteiger partial charge in [-0.15, -0.1) is 0 Å². The zero-order valence-corrected chi connectivity index (χ0v) is 14.5. The second-order valence-electron chi connectivity index (χ2n) is 3.39. The van der Waals surface area contributed by atoms with Gasteiger partial charge in [0.05, 0.1) is 11.1 Å². The van der Waals surface area contributed by atoms with E-state index in [9.17, 15) is 25.3 Å². The Bertz CT molecular complexity index is 977. The number of benzene rings is 1. The molecule has 22 heavy (non-hydrogen) atoms. The van der Waals surface area contributed by atoms with Gasteiger partial charge in [-0.1, -0.05) is 11.6 Å². The van der Waals surface area contributed by atoms with Gasteiger partial charge >= 0.3 is 15.8 Å². The molecule has 11 nitrogen and oxygen atoms in total. The molecule has 0 fully saturated rings. The smallest absolute Gasteiger partial charge is 0.408 e. The Morgan fingerprint density at radius 1 is 0.909 bits per heavy atom. The fourth-order valence-electron chi connectivity index (χ4n) is 1.32. The van der Waals surface area contributed by atoms with Gasteiger partial charge in [-0.3, -0.25) is 13.7 Å². The van der Waals surface area contributed by atoms with Crippen molar-refractivity contribution >= 4 is 47.6 Å². The van der Waals surface area contributed by atoms with E-state index >= 15 is 0 Å². The van der Waals surface area contributed by atoms with Gasteiger partial charge in [0, 0.05) is 0 Å². The van der Waals surface area contributed by atoms with Crippen LogP contribution in [0.15, 0.2) is 20.8 Å². The van der Waals surface area contributed by atoms with Gasteiger partial charge in [-0.25, -0.2) is 0 Å². The van der Waals surface area contributed by atoms with Gasteiger partial charge in [0.15, 0.2) is 4.98 Å². The Hall–Kier alpha value is -0.860. The quantitative estimate of drug-likeness (QED) is 0.323. The zero-order valence-electron chi connectivity index (χ0n) is 9.74. The fourth-order valence-corrected chi connectivity index (χ4v) is 4.77. The van der Waals surface area contributed by atoms with E-state index in [1.165, 1.54) is 0 Å². The highest BCUT2D eigenvalue weighted by atomic mass is 79.9. The lowest BCUT2D eigenvalue weighted by atomic mass is 10.3. The lowest BCUT2D eigenvalue weighted by molar-refractivity contribution is -0.0000167. The fraction of sp³-hybridized carbons (Fsp3) is 0. The molecule has 0 atom stereocenters. The van der Waals surface area contributed by atoms with Crippen molar-refractivity contribution in [3.63, 3.8) is 0 Å². The van der Waals surface area contributed by atoms with Gasteiger partial charge in [-0.05, 0) is 0 Å². The topological polar surface area (TPSA) is 191 Å². The van der Waals surface area contributed by atoms with Crippen LogP contribution in [-0.2, 0) is 30.4 Å². The Labute approximate surface area is 139 Å². The van der Waals surface area contributed by atoms with E-state index in [1.54, 1.807) is 0 Å². The summed E-state index contributed by atoms with van der Waals surface area (Å²) in [4.78, 5) is -2.52. The van der Waals surface area contributed by atoms with E-state index in [2.05, 4.69) is 4.98 Å². The van der Waals surface area contributed by atoms with E-state index < -0.39 is 55.8 Å². The van der Waals surface area contributed by atoms with Gasteiger partial charge in [0.25, 0.3) is 20.2 Å². The highest BCUT2D eigenvalue weighted by molar-refractivity contribution is 7.89. The summed E-state index contributed by atoms with van der Waals surface area (Å²) >= 11 is 5.34. The lowest BCUT2D eigenvalue weighted by Crippen LogP contribution is -3.00. The van der Waals surface area contributed by atoms with Gasteiger partial charge in [0.2, 0.25) is 10.3 Å². The molecule has 0 unspecified atom stereocenters. The summed E-state index contributed by atoms with van der Waals surface area (Å²) in [6, 6.07) is 0.176. The van der Waals surface area contributed by atoms with E-state index in [1.807, 2.05) is 0 Å². The maximum absolute atomic E-state index is 11.2. The van der Waals surface area contributed by atoms with Gasteiger partial charge in [0.1, 0.15) is 9.79 Å². The van der Waals surface area contributed by atoms with Crippen molar-refractivity contribution in [1.82, 2.24) is 0 Å². The molecule has 0 amide bonds. The molecule has 0 radical (unpaired) electrons. The molecule has 0 saturated carbocycles. The SMILES string of the molecule is N#[N+]c1cc(S(=O)(=O)O)c(Cl)c(S(=O)(=O)O)c1S(=O)(=O)O.[Br-]. The molecule has 16 heteroatoms. The Balaban J connectivity index is 0.00000441. The summed E-state index contributed by atoms with van der Waals surface area (Å²) in [6.07, 6.45) is 0. The number of rotatable bonds is 3. The normalized spacial score (nSPS) is 12.3. The van der Waals surface area contributed by atoms with Crippen molar-refractivity contribution in [2.45, 2.75) is 14.7 Å². The average Bonchev–Trinajstić information content (AvgIpc) is 2.23. The first-order chi connectivity index (χ1) is 9.21. The standard InChI is InChI=1S/C6H3ClN2O9S3.BrH/c7-4-3(19(10,11)12)1-2(9-8)5(20(13,14)15)6(4)21(16,17)18;/h1H,(H2-,10,11,12,13,14,15,16,17,18);1H. The van der Waals surface area contributed by atoms with Gasteiger partial charge < -0.3 is 17.0 Å². The molecule has 1 aromatic carbocycles. The number of diazo groups is 1. The van der Waals surface area contributed by atoms with Crippen LogP contribution in [0.3, 0.4) is 0 Å². The molecule has 0 bridgehead atoms. The molecule has 1 rings (SSSR count). The molecule has 0 heterocycles. The van der Waals surface area contributed by atoms with Crippen molar-refractivity contribution in [3.05, 3.63) is 16.1 Å². The lowest BCUT2D eigenvalue weighted by Gasteiger charge is -2.07. The molecule has 0 aliphatic heterocycles. The molecule has 3 N–H and O–H groups in total. The molecule has 0 aromatic heterocycles. The minimum absolute atomic E-state index is 0. The largest absolute Gasteiger partial charge is 1.00 e. The van der Waals surface area contributed by atoms with Crippen molar-refractivity contribution in [2.24, 2.45) is 0 Å². The molecule has 0 aliphatic carbocycles. The number of nitrogens with zero attached hydrogens (tertiary/aromatic N) is 2. The predicted molar refractivity (Wildman–Crippen MR) is 65.6 cm³/mol. The van der Waals surface area contributed by atoms with E-state index in [0.29, 0.717) is 0 Å². The van der Waals surface area contributed by atoms with Crippen LogP contribution in [0.2, 0.25) is 5.02 Å². The zero-order chi connectivity index (χ0) is 16.8. The first kappa shape index (κ1) is 21.1. The minimum atomic E-state index is -5.48. The van der Waals surface area contributed by atoms with Crippen molar-refractivity contribution in [1.29, 1.82) is 5.39 Å². The van der Waals surface area contributed by atoms with Crippen LogP contribution in [-0.4, -0.2) is 38.9 Å².